The molecule has 1 N–H and O–H groups in total. The van der Waals surface area contributed by atoms with E-state index in [4.69, 9.17) is 0 Å². The van der Waals surface area contributed by atoms with E-state index in [0.717, 1.165) is 19.4 Å². The number of nitrogens with zero attached hydrogens (tertiary/aromatic N) is 2. The number of sulfonamides is 1. The molecule has 1 aliphatic heterocycles. The van der Waals surface area contributed by atoms with Gasteiger partial charge in [0.25, 0.3) is 0 Å². The van der Waals surface area contributed by atoms with Crippen LogP contribution in [0.15, 0.2) is 0 Å². The average molecular weight is 346 g/mol. The first-order valence-corrected chi connectivity index (χ1v) is 10.7. The summed E-state index contributed by atoms with van der Waals surface area (Å²) in [5, 5.41) is 2.91. The fraction of sp³-hybridized carbons (Fsp3) is 0.938. The lowest BCUT2D eigenvalue weighted by Gasteiger charge is -2.31. The molecular formula is C16H31N3O3S. The van der Waals surface area contributed by atoms with Gasteiger partial charge in [-0.2, -0.15) is 4.31 Å². The number of amides is 1. The van der Waals surface area contributed by atoms with Gasteiger partial charge >= 0.3 is 0 Å². The Morgan fingerprint density at radius 2 is 1.87 bits per heavy atom. The second-order valence-electron chi connectivity index (χ2n) is 6.95. The third kappa shape index (κ3) is 5.43. The van der Waals surface area contributed by atoms with E-state index in [-0.39, 0.29) is 5.91 Å². The molecule has 1 atom stereocenters. The van der Waals surface area contributed by atoms with E-state index >= 15 is 0 Å². The molecule has 134 valence electrons. The molecule has 0 aromatic rings. The van der Waals surface area contributed by atoms with Gasteiger partial charge < -0.3 is 10.2 Å². The molecule has 1 unspecified atom stereocenters. The van der Waals surface area contributed by atoms with Crippen molar-refractivity contribution in [3.05, 3.63) is 0 Å². The van der Waals surface area contributed by atoms with E-state index in [2.05, 4.69) is 17.3 Å². The highest BCUT2D eigenvalue weighted by molar-refractivity contribution is 7.88. The van der Waals surface area contributed by atoms with Crippen molar-refractivity contribution in [1.29, 1.82) is 0 Å². The summed E-state index contributed by atoms with van der Waals surface area (Å²) in [5.41, 5.74) is 0. The molecule has 1 saturated heterocycles. The minimum absolute atomic E-state index is 0.145. The van der Waals surface area contributed by atoms with Crippen LogP contribution in [-0.4, -0.2) is 68.6 Å². The third-order valence-electron chi connectivity index (χ3n) is 5.12. The van der Waals surface area contributed by atoms with Crippen LogP contribution < -0.4 is 5.32 Å². The summed E-state index contributed by atoms with van der Waals surface area (Å²) in [6.45, 7) is 2.05. The van der Waals surface area contributed by atoms with E-state index in [1.807, 2.05) is 0 Å². The molecule has 0 aromatic heterocycles. The monoisotopic (exact) mass is 345 g/mol. The van der Waals surface area contributed by atoms with Crippen LogP contribution in [0.25, 0.3) is 0 Å². The van der Waals surface area contributed by atoms with Gasteiger partial charge in [0.1, 0.15) is 6.04 Å². The number of rotatable bonds is 7. The SMILES string of the molecule is CN(CCCNC(=O)C1CCCN1S(C)(=O)=O)C1CCCCC1. The highest BCUT2D eigenvalue weighted by Gasteiger charge is 2.36. The van der Waals surface area contributed by atoms with Crippen LogP contribution in [0.1, 0.15) is 51.4 Å². The minimum atomic E-state index is -3.29. The molecule has 2 fully saturated rings. The fourth-order valence-electron chi connectivity index (χ4n) is 3.76. The maximum atomic E-state index is 12.2. The molecule has 0 radical (unpaired) electrons. The molecule has 1 amide bonds. The summed E-state index contributed by atoms with van der Waals surface area (Å²) < 4.78 is 24.7. The Morgan fingerprint density at radius 1 is 1.17 bits per heavy atom. The van der Waals surface area contributed by atoms with E-state index in [0.29, 0.717) is 25.6 Å². The molecular weight excluding hydrogens is 314 g/mol. The van der Waals surface area contributed by atoms with Gasteiger partial charge in [-0.3, -0.25) is 4.79 Å². The Morgan fingerprint density at radius 3 is 2.52 bits per heavy atom. The molecule has 1 aliphatic carbocycles. The van der Waals surface area contributed by atoms with Crippen LogP contribution >= 0.6 is 0 Å². The second kappa shape index (κ2) is 8.44. The van der Waals surface area contributed by atoms with E-state index in [1.54, 1.807) is 0 Å². The number of carbonyl (C=O) groups excluding carboxylic acids is 1. The summed E-state index contributed by atoms with van der Waals surface area (Å²) in [6.07, 6.45) is 10.1. The van der Waals surface area contributed by atoms with Crippen LogP contribution in [0.3, 0.4) is 0 Å². The van der Waals surface area contributed by atoms with Gasteiger partial charge in [-0.1, -0.05) is 19.3 Å². The van der Waals surface area contributed by atoms with Gasteiger partial charge in [-0.25, -0.2) is 8.42 Å². The van der Waals surface area contributed by atoms with Crippen molar-refractivity contribution < 1.29 is 13.2 Å². The number of carbonyl (C=O) groups is 1. The highest BCUT2D eigenvalue weighted by Crippen LogP contribution is 2.22. The molecule has 2 aliphatic rings. The van der Waals surface area contributed by atoms with Gasteiger partial charge in [0, 0.05) is 19.1 Å². The first-order valence-electron chi connectivity index (χ1n) is 8.84. The molecule has 2 rings (SSSR count). The summed E-state index contributed by atoms with van der Waals surface area (Å²) in [5.74, 6) is -0.145. The van der Waals surface area contributed by atoms with Crippen LogP contribution in [0.4, 0.5) is 0 Å². The van der Waals surface area contributed by atoms with Crippen molar-refractivity contribution >= 4 is 15.9 Å². The molecule has 1 heterocycles. The predicted octanol–water partition coefficient (Wildman–Crippen LogP) is 1.18. The van der Waals surface area contributed by atoms with Gasteiger partial charge in [-0.15, -0.1) is 0 Å². The average Bonchev–Trinajstić information content (AvgIpc) is 3.02. The number of hydrogen-bond acceptors (Lipinski definition) is 4. The van der Waals surface area contributed by atoms with Crippen molar-refractivity contribution in [3.63, 3.8) is 0 Å². The number of nitrogens with one attached hydrogen (secondary N) is 1. The first kappa shape index (κ1) is 18.7. The zero-order valence-electron chi connectivity index (χ0n) is 14.5. The lowest BCUT2D eigenvalue weighted by molar-refractivity contribution is -0.124. The van der Waals surface area contributed by atoms with Gasteiger partial charge in [-0.05, 0) is 45.7 Å². The van der Waals surface area contributed by atoms with Crippen molar-refractivity contribution in [2.45, 2.75) is 63.5 Å². The molecule has 0 bridgehead atoms. The van der Waals surface area contributed by atoms with Crippen molar-refractivity contribution in [2.75, 3.05) is 32.9 Å². The Bertz CT molecular complexity index is 489. The largest absolute Gasteiger partial charge is 0.355 e. The van der Waals surface area contributed by atoms with Crippen LogP contribution in [0, 0.1) is 0 Å². The molecule has 23 heavy (non-hydrogen) atoms. The standard InChI is InChI=1S/C16H31N3O3S/c1-18(14-8-4-3-5-9-14)12-7-11-17-16(20)15-10-6-13-19(15)23(2,21)22/h14-15H,3-13H2,1-2H3,(H,17,20). The minimum Gasteiger partial charge on any atom is -0.355 e. The quantitative estimate of drug-likeness (QED) is 0.704. The van der Waals surface area contributed by atoms with Crippen molar-refractivity contribution in [1.82, 2.24) is 14.5 Å². The summed E-state index contributed by atoms with van der Waals surface area (Å²) in [4.78, 5) is 14.6. The van der Waals surface area contributed by atoms with E-state index < -0.39 is 16.1 Å². The summed E-state index contributed by atoms with van der Waals surface area (Å²) in [6, 6.07) is 0.177. The highest BCUT2D eigenvalue weighted by atomic mass is 32.2. The van der Waals surface area contributed by atoms with Crippen LogP contribution in [0.5, 0.6) is 0 Å². The Labute approximate surface area is 140 Å². The Kier molecular flexibility index (Phi) is 6.85. The first-order chi connectivity index (χ1) is 10.9. The summed E-state index contributed by atoms with van der Waals surface area (Å²) >= 11 is 0. The second-order valence-corrected chi connectivity index (χ2v) is 8.88. The summed E-state index contributed by atoms with van der Waals surface area (Å²) in [7, 11) is -1.12. The lowest BCUT2D eigenvalue weighted by atomic mass is 9.94. The van der Waals surface area contributed by atoms with Gasteiger partial charge in [0.15, 0.2) is 0 Å². The smallest absolute Gasteiger partial charge is 0.238 e. The normalized spacial score (nSPS) is 24.2. The zero-order valence-corrected chi connectivity index (χ0v) is 15.3. The Hall–Kier alpha value is -0.660. The molecule has 0 spiro atoms. The van der Waals surface area contributed by atoms with Gasteiger partial charge in [0.2, 0.25) is 15.9 Å². The zero-order chi connectivity index (χ0) is 16.9. The lowest BCUT2D eigenvalue weighted by Crippen LogP contribution is -2.46. The topological polar surface area (TPSA) is 69.7 Å². The van der Waals surface area contributed by atoms with E-state index in [9.17, 15) is 13.2 Å². The third-order valence-corrected chi connectivity index (χ3v) is 6.41. The van der Waals surface area contributed by atoms with Crippen LogP contribution in [-0.2, 0) is 14.8 Å². The fourth-order valence-corrected chi connectivity index (χ4v) is 4.89. The van der Waals surface area contributed by atoms with Gasteiger partial charge in [0.05, 0.1) is 6.26 Å². The molecule has 0 aromatic carbocycles. The Balaban J connectivity index is 1.68. The van der Waals surface area contributed by atoms with Crippen LogP contribution in [0.2, 0.25) is 0 Å². The number of hydrogen-bond donors (Lipinski definition) is 1. The maximum absolute atomic E-state index is 12.2. The predicted molar refractivity (Wildman–Crippen MR) is 91.7 cm³/mol. The van der Waals surface area contributed by atoms with Crippen molar-refractivity contribution in [3.8, 4) is 0 Å². The molecule has 1 saturated carbocycles. The van der Waals surface area contributed by atoms with Crippen molar-refractivity contribution in [2.24, 2.45) is 0 Å². The molecule has 6 nitrogen and oxygen atoms in total. The maximum Gasteiger partial charge on any atom is 0.238 e. The molecule has 7 heteroatoms. The van der Waals surface area contributed by atoms with E-state index in [1.165, 1.54) is 42.7 Å².